The van der Waals surface area contributed by atoms with Gasteiger partial charge in [0, 0.05) is 33.8 Å². The molecule has 2 heterocycles. The topological polar surface area (TPSA) is 74.8 Å². The number of fused-ring (bicyclic) bond motifs is 1. The average molecular weight is 474 g/mol. The Morgan fingerprint density at radius 2 is 1.93 bits per heavy atom. The monoisotopic (exact) mass is 473 g/mol. The molecule has 5 nitrogen and oxygen atoms in total. The maximum atomic E-state index is 13.2. The summed E-state index contributed by atoms with van der Waals surface area (Å²) < 4.78 is 0.957. The fourth-order valence-electron chi connectivity index (χ4n) is 4.15. The molecule has 1 aliphatic heterocycles. The van der Waals surface area contributed by atoms with Crippen LogP contribution in [0.25, 0.3) is 0 Å². The number of nitrogens with one attached hydrogen (secondary N) is 2. The first kappa shape index (κ1) is 20.4. The molecule has 0 amide bonds. The second-order valence-electron chi connectivity index (χ2n) is 8.42. The van der Waals surface area contributed by atoms with E-state index in [1.807, 2.05) is 24.3 Å². The molecule has 1 aromatic heterocycles. The van der Waals surface area contributed by atoms with Gasteiger partial charge in [0.25, 0.3) is 5.56 Å². The molecule has 0 saturated carbocycles. The Morgan fingerprint density at radius 3 is 2.62 bits per heavy atom. The highest BCUT2D eigenvalue weighted by atomic mass is 79.9. The molecule has 0 spiro atoms. The van der Waals surface area contributed by atoms with Crippen molar-refractivity contribution in [2.24, 2.45) is 5.41 Å². The predicted molar refractivity (Wildman–Crippen MR) is 121 cm³/mol. The third-order valence-corrected chi connectivity index (χ3v) is 6.95. The highest BCUT2D eigenvalue weighted by molar-refractivity contribution is 9.10. The number of halogens is 1. The number of aromatic amines is 1. The fourth-order valence-corrected chi connectivity index (χ4v) is 5.13. The van der Waals surface area contributed by atoms with E-state index in [0.717, 1.165) is 34.3 Å². The Hall–Kier alpha value is -1.86. The lowest BCUT2D eigenvalue weighted by molar-refractivity contribution is -0.118. The maximum Gasteiger partial charge on any atom is 0.257 e. The van der Waals surface area contributed by atoms with Crippen molar-refractivity contribution in [2.75, 3.05) is 11.1 Å². The van der Waals surface area contributed by atoms with E-state index in [9.17, 15) is 9.59 Å². The minimum Gasteiger partial charge on any atom is -0.343 e. The Kier molecular flexibility index (Phi) is 5.46. The predicted octanol–water partition coefficient (Wildman–Crippen LogP) is 5.24. The minimum atomic E-state index is -0.403. The van der Waals surface area contributed by atoms with Gasteiger partial charge in [-0.25, -0.2) is 4.98 Å². The maximum absolute atomic E-state index is 13.2. The zero-order valence-electron chi connectivity index (χ0n) is 16.8. The molecular weight excluding hydrogens is 450 g/mol. The molecule has 1 unspecified atom stereocenters. The Morgan fingerprint density at radius 1 is 1.21 bits per heavy atom. The lowest BCUT2D eigenvalue weighted by Gasteiger charge is -2.38. The van der Waals surface area contributed by atoms with Gasteiger partial charge in [0.2, 0.25) is 0 Å². The summed E-state index contributed by atoms with van der Waals surface area (Å²) in [5.74, 6) is 1.16. The number of carbonyl (C=O) groups excluding carboxylic acids is 1. The minimum absolute atomic E-state index is 0.103. The summed E-state index contributed by atoms with van der Waals surface area (Å²) in [5, 5.41) is 3.97. The first-order valence-corrected chi connectivity index (χ1v) is 11.6. The summed E-state index contributed by atoms with van der Waals surface area (Å²) in [6, 6.07) is 7.84. The van der Waals surface area contributed by atoms with Crippen LogP contribution in [0.1, 0.15) is 57.1 Å². The number of carbonyl (C=O) groups is 1. The van der Waals surface area contributed by atoms with Gasteiger partial charge in [-0.3, -0.25) is 9.59 Å². The van der Waals surface area contributed by atoms with E-state index in [1.54, 1.807) is 11.8 Å². The Balaban J connectivity index is 1.91. The van der Waals surface area contributed by atoms with Crippen molar-refractivity contribution in [2.45, 2.75) is 51.1 Å². The summed E-state index contributed by atoms with van der Waals surface area (Å²) in [4.78, 5) is 33.9. The van der Waals surface area contributed by atoms with Crippen LogP contribution < -0.4 is 10.9 Å². The summed E-state index contributed by atoms with van der Waals surface area (Å²) in [5.41, 5.74) is 2.76. The molecular formula is C22H24BrN3O2S. The van der Waals surface area contributed by atoms with E-state index in [-0.39, 0.29) is 16.8 Å². The van der Waals surface area contributed by atoms with Crippen LogP contribution >= 0.6 is 27.7 Å². The van der Waals surface area contributed by atoms with Crippen molar-refractivity contribution in [1.82, 2.24) is 9.97 Å². The van der Waals surface area contributed by atoms with Gasteiger partial charge in [0.15, 0.2) is 10.9 Å². The third-order valence-electron chi connectivity index (χ3n) is 5.35. The van der Waals surface area contributed by atoms with Crippen LogP contribution in [0.3, 0.4) is 0 Å². The number of nitrogens with zero attached hydrogens (tertiary/aromatic N) is 1. The average Bonchev–Trinajstić information content (AvgIpc) is 2.64. The lowest BCUT2D eigenvalue weighted by atomic mass is 9.69. The molecule has 2 N–H and O–H groups in total. The van der Waals surface area contributed by atoms with Gasteiger partial charge in [0.1, 0.15) is 5.82 Å². The van der Waals surface area contributed by atoms with Crippen molar-refractivity contribution < 1.29 is 4.79 Å². The molecule has 1 aliphatic carbocycles. The van der Waals surface area contributed by atoms with Gasteiger partial charge in [0.05, 0.1) is 5.56 Å². The van der Waals surface area contributed by atoms with Crippen molar-refractivity contribution in [3.05, 3.63) is 61.5 Å². The molecule has 1 atom stereocenters. The van der Waals surface area contributed by atoms with Crippen LogP contribution in [0.5, 0.6) is 0 Å². The van der Waals surface area contributed by atoms with Crippen LogP contribution in [0.2, 0.25) is 0 Å². The number of allylic oxidation sites excluding steroid dienone is 2. The van der Waals surface area contributed by atoms with Crippen LogP contribution in [-0.2, 0) is 4.79 Å². The van der Waals surface area contributed by atoms with Gasteiger partial charge < -0.3 is 10.3 Å². The molecule has 7 heteroatoms. The van der Waals surface area contributed by atoms with Crippen molar-refractivity contribution in [3.8, 4) is 0 Å². The molecule has 29 heavy (non-hydrogen) atoms. The van der Waals surface area contributed by atoms with E-state index in [4.69, 9.17) is 4.98 Å². The Labute approximate surface area is 182 Å². The molecule has 2 aliphatic rings. The SMILES string of the molecule is CCCSc1nc2c(c(=O)[nH]1)C(c1ccc(Br)cc1)C1=C(CC(C)(C)CC1=O)N2. The molecule has 0 saturated heterocycles. The smallest absolute Gasteiger partial charge is 0.257 e. The third kappa shape index (κ3) is 3.94. The van der Waals surface area contributed by atoms with E-state index in [1.165, 1.54) is 0 Å². The molecule has 152 valence electrons. The zero-order chi connectivity index (χ0) is 20.8. The summed E-state index contributed by atoms with van der Waals surface area (Å²) in [7, 11) is 0. The summed E-state index contributed by atoms with van der Waals surface area (Å²) in [6.45, 7) is 6.31. The molecule has 0 radical (unpaired) electrons. The fraction of sp³-hybridized carbons (Fsp3) is 0.409. The molecule has 1 aromatic carbocycles. The van der Waals surface area contributed by atoms with Crippen LogP contribution in [-0.4, -0.2) is 21.5 Å². The lowest BCUT2D eigenvalue weighted by Crippen LogP contribution is -2.37. The van der Waals surface area contributed by atoms with E-state index < -0.39 is 5.92 Å². The second-order valence-corrected chi connectivity index (χ2v) is 10.4. The molecule has 2 aromatic rings. The number of H-pyrrole nitrogens is 1. The number of Topliss-reactive ketones (excluding diaryl/α,β-unsaturated/α-hetero) is 1. The van der Waals surface area contributed by atoms with Crippen molar-refractivity contribution >= 4 is 39.3 Å². The number of hydrogen-bond acceptors (Lipinski definition) is 5. The zero-order valence-corrected chi connectivity index (χ0v) is 19.2. The first-order chi connectivity index (χ1) is 13.8. The summed E-state index contributed by atoms with van der Waals surface area (Å²) >= 11 is 5.01. The normalized spacial score (nSPS) is 20.1. The largest absolute Gasteiger partial charge is 0.343 e. The summed E-state index contributed by atoms with van der Waals surface area (Å²) in [6.07, 6.45) is 2.23. The molecule has 4 rings (SSSR count). The van der Waals surface area contributed by atoms with Crippen molar-refractivity contribution in [1.29, 1.82) is 0 Å². The number of ketones is 1. The van der Waals surface area contributed by atoms with Gasteiger partial charge in [-0.15, -0.1) is 0 Å². The number of aromatic nitrogens is 2. The highest BCUT2D eigenvalue weighted by Gasteiger charge is 2.42. The van der Waals surface area contributed by atoms with Gasteiger partial charge in [-0.05, 0) is 36.0 Å². The number of benzene rings is 1. The molecule has 0 fully saturated rings. The first-order valence-electron chi connectivity index (χ1n) is 9.85. The highest BCUT2D eigenvalue weighted by Crippen LogP contribution is 2.47. The Bertz CT molecular complexity index is 1060. The van der Waals surface area contributed by atoms with E-state index >= 15 is 0 Å². The number of hydrogen-bond donors (Lipinski definition) is 2. The standard InChI is InChI=1S/C22H24BrN3O2S/c1-4-9-29-21-25-19-18(20(28)26-21)16(12-5-7-13(23)8-6-12)17-14(24-19)10-22(2,3)11-15(17)27/h5-8,16H,4,9-11H2,1-3H3,(H2,24,25,26,28). The van der Waals surface area contributed by atoms with Crippen molar-refractivity contribution in [3.63, 3.8) is 0 Å². The van der Waals surface area contributed by atoms with Crippen LogP contribution in [0, 0.1) is 5.41 Å². The number of thioether (sulfide) groups is 1. The van der Waals surface area contributed by atoms with Gasteiger partial charge >= 0.3 is 0 Å². The van der Waals surface area contributed by atoms with E-state index in [0.29, 0.717) is 28.5 Å². The van der Waals surface area contributed by atoms with Gasteiger partial charge in [-0.2, -0.15) is 0 Å². The van der Waals surface area contributed by atoms with E-state index in [2.05, 4.69) is 47.0 Å². The van der Waals surface area contributed by atoms with Gasteiger partial charge in [-0.1, -0.05) is 60.6 Å². The second kappa shape index (κ2) is 7.76. The number of anilines is 1. The quantitative estimate of drug-likeness (QED) is 0.469. The molecule has 0 bridgehead atoms. The van der Waals surface area contributed by atoms with Crippen LogP contribution in [0.15, 0.2) is 50.0 Å². The van der Waals surface area contributed by atoms with Crippen LogP contribution in [0.4, 0.5) is 5.82 Å². The number of rotatable bonds is 4.